The Hall–Kier alpha value is -2.12. The van der Waals surface area contributed by atoms with Gasteiger partial charge in [-0.25, -0.2) is 12.8 Å². The Morgan fingerprint density at radius 2 is 1.83 bits per heavy atom. The van der Waals surface area contributed by atoms with E-state index in [1.807, 2.05) is 13.8 Å². The highest BCUT2D eigenvalue weighted by Crippen LogP contribution is 2.27. The van der Waals surface area contributed by atoms with Crippen LogP contribution < -0.4 is 4.74 Å². The second-order valence-corrected chi connectivity index (χ2v) is 10.4. The summed E-state index contributed by atoms with van der Waals surface area (Å²) in [6.45, 7) is 5.55. The number of sulfone groups is 1. The Balaban J connectivity index is 1.82. The second-order valence-electron chi connectivity index (χ2n) is 7.78. The highest BCUT2D eigenvalue weighted by molar-refractivity contribution is 7.91. The molecule has 1 amide bonds. The highest BCUT2D eigenvalue weighted by atomic mass is 35.5. The zero-order valence-electron chi connectivity index (χ0n) is 17.2. The smallest absolute Gasteiger partial charge is 0.263 e. The summed E-state index contributed by atoms with van der Waals surface area (Å²) in [5.74, 6) is -0.186. The van der Waals surface area contributed by atoms with Gasteiger partial charge in [-0.15, -0.1) is 0 Å². The summed E-state index contributed by atoms with van der Waals surface area (Å²) < 4.78 is 43.1. The minimum atomic E-state index is -3.18. The zero-order valence-corrected chi connectivity index (χ0v) is 18.8. The molecule has 0 aliphatic carbocycles. The molecular formula is C22H25ClFNO4S. The SMILES string of the molecule is Cc1cc(O[C@H](C)C(=O)N(Cc2ccc(F)cc2)[C@@H]2CCS(=O)(=O)C2)cc(C)c1Cl. The van der Waals surface area contributed by atoms with Crippen molar-refractivity contribution in [2.75, 3.05) is 11.5 Å². The van der Waals surface area contributed by atoms with Crippen molar-refractivity contribution in [1.29, 1.82) is 0 Å². The Bertz CT molecular complexity index is 1020. The number of carbonyl (C=O) groups excluding carboxylic acids is 1. The first-order chi connectivity index (χ1) is 14.1. The fourth-order valence-electron chi connectivity index (χ4n) is 3.66. The second kappa shape index (κ2) is 8.94. The molecule has 0 unspecified atom stereocenters. The van der Waals surface area contributed by atoms with Crippen LogP contribution in [0.3, 0.4) is 0 Å². The number of benzene rings is 2. The van der Waals surface area contributed by atoms with Crippen molar-refractivity contribution in [1.82, 2.24) is 4.90 Å². The van der Waals surface area contributed by atoms with Gasteiger partial charge < -0.3 is 9.64 Å². The van der Waals surface area contributed by atoms with Crippen LogP contribution >= 0.6 is 11.6 Å². The van der Waals surface area contributed by atoms with Crippen LogP contribution in [0, 0.1) is 19.7 Å². The van der Waals surface area contributed by atoms with E-state index in [4.69, 9.17) is 16.3 Å². The molecule has 8 heteroatoms. The van der Waals surface area contributed by atoms with Gasteiger partial charge in [0.1, 0.15) is 11.6 Å². The van der Waals surface area contributed by atoms with Crippen molar-refractivity contribution in [2.45, 2.75) is 45.9 Å². The largest absolute Gasteiger partial charge is 0.481 e. The van der Waals surface area contributed by atoms with Crippen LogP contribution in [-0.4, -0.2) is 42.9 Å². The van der Waals surface area contributed by atoms with E-state index in [0.29, 0.717) is 17.2 Å². The summed E-state index contributed by atoms with van der Waals surface area (Å²) in [5, 5.41) is 0.649. The lowest BCUT2D eigenvalue weighted by molar-refractivity contribution is -0.140. The maximum Gasteiger partial charge on any atom is 0.263 e. The molecule has 1 aliphatic heterocycles. The van der Waals surface area contributed by atoms with E-state index >= 15 is 0 Å². The first-order valence-corrected chi connectivity index (χ1v) is 11.9. The first-order valence-electron chi connectivity index (χ1n) is 9.74. The summed E-state index contributed by atoms with van der Waals surface area (Å²) in [6, 6.07) is 8.93. The van der Waals surface area contributed by atoms with Crippen molar-refractivity contribution in [3.8, 4) is 5.75 Å². The molecule has 3 rings (SSSR count). The molecular weight excluding hydrogens is 429 g/mol. The molecule has 1 aliphatic rings. The van der Waals surface area contributed by atoms with Crippen LogP contribution in [0.4, 0.5) is 4.39 Å². The first kappa shape index (κ1) is 22.6. The standard InChI is InChI=1S/C22H25ClFNO4S/c1-14-10-20(11-15(2)21(14)23)29-16(3)22(26)25(19-8-9-30(27,28)13-19)12-17-4-6-18(24)7-5-17/h4-7,10-11,16,19H,8-9,12-13H2,1-3H3/t16-,19-/m1/s1. The fraction of sp³-hybridized carbons (Fsp3) is 0.409. The normalized spacial score (nSPS) is 18.8. The lowest BCUT2D eigenvalue weighted by atomic mass is 10.1. The molecule has 2 aromatic rings. The lowest BCUT2D eigenvalue weighted by Gasteiger charge is -2.31. The minimum absolute atomic E-state index is 0.0513. The number of rotatable bonds is 6. The van der Waals surface area contributed by atoms with E-state index < -0.39 is 22.0 Å². The number of hydrogen-bond acceptors (Lipinski definition) is 4. The molecule has 30 heavy (non-hydrogen) atoms. The molecule has 0 radical (unpaired) electrons. The van der Waals surface area contributed by atoms with Crippen molar-refractivity contribution in [3.63, 3.8) is 0 Å². The quantitative estimate of drug-likeness (QED) is 0.661. The summed E-state index contributed by atoms with van der Waals surface area (Å²) in [4.78, 5) is 14.8. The molecule has 0 N–H and O–H groups in total. The van der Waals surface area contributed by atoms with Crippen molar-refractivity contribution >= 4 is 27.3 Å². The van der Waals surface area contributed by atoms with Gasteiger partial charge in [-0.05, 0) is 68.1 Å². The van der Waals surface area contributed by atoms with Crippen LogP contribution in [-0.2, 0) is 21.2 Å². The van der Waals surface area contributed by atoms with E-state index in [1.54, 1.807) is 31.2 Å². The fourth-order valence-corrected chi connectivity index (χ4v) is 5.50. The molecule has 162 valence electrons. The van der Waals surface area contributed by atoms with Crippen LogP contribution in [0.25, 0.3) is 0 Å². The topological polar surface area (TPSA) is 63.7 Å². The van der Waals surface area contributed by atoms with Gasteiger partial charge in [-0.2, -0.15) is 0 Å². The van der Waals surface area contributed by atoms with Gasteiger partial charge in [0, 0.05) is 17.6 Å². The van der Waals surface area contributed by atoms with E-state index in [2.05, 4.69) is 0 Å². The van der Waals surface area contributed by atoms with Crippen molar-refractivity contribution < 1.29 is 22.3 Å². The van der Waals surface area contributed by atoms with Crippen LogP contribution in [0.15, 0.2) is 36.4 Å². The minimum Gasteiger partial charge on any atom is -0.481 e. The molecule has 1 saturated heterocycles. The van der Waals surface area contributed by atoms with E-state index in [9.17, 15) is 17.6 Å². The van der Waals surface area contributed by atoms with Crippen molar-refractivity contribution in [3.05, 3.63) is 63.9 Å². The number of ether oxygens (including phenoxy) is 1. The van der Waals surface area contributed by atoms with Gasteiger partial charge in [0.25, 0.3) is 5.91 Å². The van der Waals surface area contributed by atoms with Crippen LogP contribution in [0.2, 0.25) is 5.02 Å². The van der Waals surface area contributed by atoms with E-state index in [0.717, 1.165) is 16.7 Å². The van der Waals surface area contributed by atoms with Gasteiger partial charge in [-0.1, -0.05) is 23.7 Å². The Kier molecular flexibility index (Phi) is 6.72. The van der Waals surface area contributed by atoms with Gasteiger partial charge >= 0.3 is 0 Å². The number of nitrogens with zero attached hydrogens (tertiary/aromatic N) is 1. The monoisotopic (exact) mass is 453 g/mol. The Labute approximate surface area is 181 Å². The molecule has 1 heterocycles. The molecule has 0 spiro atoms. The predicted molar refractivity (Wildman–Crippen MR) is 115 cm³/mol. The van der Waals surface area contributed by atoms with Crippen molar-refractivity contribution in [2.24, 2.45) is 0 Å². The summed E-state index contributed by atoms with van der Waals surface area (Å²) in [6.07, 6.45) is -0.449. The molecule has 1 fully saturated rings. The number of carbonyl (C=O) groups is 1. The summed E-state index contributed by atoms with van der Waals surface area (Å²) >= 11 is 6.20. The summed E-state index contributed by atoms with van der Waals surface area (Å²) in [5.41, 5.74) is 2.41. The summed E-state index contributed by atoms with van der Waals surface area (Å²) in [7, 11) is -3.18. The Morgan fingerprint density at radius 1 is 1.23 bits per heavy atom. The number of aryl methyl sites for hydroxylation is 2. The average molecular weight is 454 g/mol. The van der Waals surface area contributed by atoms with Crippen LogP contribution in [0.5, 0.6) is 5.75 Å². The van der Waals surface area contributed by atoms with Gasteiger partial charge in [0.15, 0.2) is 15.9 Å². The molecule has 2 aromatic carbocycles. The molecule has 0 bridgehead atoms. The van der Waals surface area contributed by atoms with Gasteiger partial charge in [0.2, 0.25) is 0 Å². The molecule has 2 atom stereocenters. The number of halogens is 2. The average Bonchev–Trinajstić information content (AvgIpc) is 3.04. The van der Waals surface area contributed by atoms with E-state index in [1.165, 1.54) is 17.0 Å². The maximum absolute atomic E-state index is 13.3. The van der Waals surface area contributed by atoms with Gasteiger partial charge in [0.05, 0.1) is 11.5 Å². The lowest BCUT2D eigenvalue weighted by Crippen LogP contribution is -2.46. The van der Waals surface area contributed by atoms with Gasteiger partial charge in [-0.3, -0.25) is 4.79 Å². The number of hydrogen-bond donors (Lipinski definition) is 0. The molecule has 5 nitrogen and oxygen atoms in total. The predicted octanol–water partition coefficient (Wildman–Crippen LogP) is 4.08. The molecule has 0 saturated carbocycles. The third-order valence-corrected chi connectivity index (χ3v) is 7.62. The van der Waals surface area contributed by atoms with E-state index in [-0.39, 0.29) is 29.8 Å². The maximum atomic E-state index is 13.3. The molecule has 0 aromatic heterocycles. The highest BCUT2D eigenvalue weighted by Gasteiger charge is 2.36. The Morgan fingerprint density at radius 3 is 2.37 bits per heavy atom. The number of amides is 1. The van der Waals surface area contributed by atoms with Crippen LogP contribution in [0.1, 0.15) is 30.0 Å². The third-order valence-electron chi connectivity index (χ3n) is 5.27. The third kappa shape index (κ3) is 5.32. The zero-order chi connectivity index (χ0) is 22.1.